The van der Waals surface area contributed by atoms with Crippen LogP contribution in [0.5, 0.6) is 0 Å². The molecule has 1 aliphatic heterocycles. The molecule has 4 heterocycles. The van der Waals surface area contributed by atoms with Crippen LogP contribution in [0, 0.1) is 0 Å². The highest BCUT2D eigenvalue weighted by atomic mass is 16.3. The number of hydrogen-bond donors (Lipinski definition) is 1. The molecule has 0 bridgehead atoms. The van der Waals surface area contributed by atoms with E-state index in [-0.39, 0.29) is 12.2 Å². The SMILES string of the molecule is O=C(Cc1cc2cc(-c3cnco3)ncc2cn1)c1ccc2c(c1)CNCC2. The van der Waals surface area contributed by atoms with Gasteiger partial charge in [0.15, 0.2) is 17.9 Å². The molecule has 0 unspecified atom stereocenters. The second-order valence-electron chi connectivity index (χ2n) is 6.97. The zero-order valence-corrected chi connectivity index (χ0v) is 15.2. The first-order valence-corrected chi connectivity index (χ1v) is 9.25. The monoisotopic (exact) mass is 370 g/mol. The van der Waals surface area contributed by atoms with Crippen molar-refractivity contribution in [2.45, 2.75) is 19.4 Å². The molecular formula is C22H18N4O2. The molecule has 4 aromatic rings. The van der Waals surface area contributed by atoms with Crippen molar-refractivity contribution in [2.24, 2.45) is 0 Å². The lowest BCUT2D eigenvalue weighted by molar-refractivity contribution is 0.0992. The molecule has 6 heteroatoms. The number of ketones is 1. The van der Waals surface area contributed by atoms with Crippen molar-refractivity contribution in [3.63, 3.8) is 0 Å². The molecule has 0 radical (unpaired) electrons. The maximum atomic E-state index is 12.8. The third-order valence-corrected chi connectivity index (χ3v) is 5.10. The third kappa shape index (κ3) is 3.18. The van der Waals surface area contributed by atoms with Crippen LogP contribution in [0.25, 0.3) is 22.2 Å². The van der Waals surface area contributed by atoms with Crippen LogP contribution in [0.3, 0.4) is 0 Å². The lowest BCUT2D eigenvalue weighted by Crippen LogP contribution is -2.24. The molecule has 0 spiro atoms. The molecule has 1 aliphatic rings. The Balaban J connectivity index is 1.42. The van der Waals surface area contributed by atoms with Gasteiger partial charge in [-0.3, -0.25) is 14.8 Å². The summed E-state index contributed by atoms with van der Waals surface area (Å²) in [5.41, 5.74) is 4.72. The number of nitrogens with zero attached hydrogens (tertiary/aromatic N) is 3. The van der Waals surface area contributed by atoms with Gasteiger partial charge < -0.3 is 9.73 Å². The van der Waals surface area contributed by atoms with Gasteiger partial charge in [0, 0.05) is 35.6 Å². The number of carbonyl (C=O) groups excluding carboxylic acids is 1. The molecule has 28 heavy (non-hydrogen) atoms. The largest absolute Gasteiger partial charge is 0.442 e. The highest BCUT2D eigenvalue weighted by Gasteiger charge is 2.14. The summed E-state index contributed by atoms with van der Waals surface area (Å²) in [6, 6.07) is 9.88. The fraction of sp³-hybridized carbons (Fsp3) is 0.182. The highest BCUT2D eigenvalue weighted by Crippen LogP contribution is 2.22. The van der Waals surface area contributed by atoms with E-state index in [0.717, 1.165) is 41.5 Å². The minimum absolute atomic E-state index is 0.0738. The van der Waals surface area contributed by atoms with Crippen molar-refractivity contribution in [1.29, 1.82) is 0 Å². The standard InChI is InChI=1S/C22H18N4O2/c27-21(15-2-1-14-3-4-23-9-17(14)5-15)8-19-6-16-7-20(22-12-24-13-28-22)26-11-18(16)10-25-19/h1-2,5-7,10-13,23H,3-4,8-9H2. The van der Waals surface area contributed by atoms with Crippen LogP contribution in [0.2, 0.25) is 0 Å². The van der Waals surface area contributed by atoms with Crippen LogP contribution < -0.4 is 5.32 Å². The number of hydrogen-bond acceptors (Lipinski definition) is 6. The number of benzene rings is 1. The van der Waals surface area contributed by atoms with E-state index in [1.165, 1.54) is 17.5 Å². The topological polar surface area (TPSA) is 80.9 Å². The first-order chi connectivity index (χ1) is 13.8. The molecular weight excluding hydrogens is 352 g/mol. The molecule has 138 valence electrons. The van der Waals surface area contributed by atoms with Gasteiger partial charge in [-0.1, -0.05) is 12.1 Å². The molecule has 0 saturated carbocycles. The van der Waals surface area contributed by atoms with Crippen molar-refractivity contribution in [3.8, 4) is 11.5 Å². The number of rotatable bonds is 4. The number of pyridine rings is 2. The summed E-state index contributed by atoms with van der Waals surface area (Å²) in [6.45, 7) is 1.81. The zero-order valence-electron chi connectivity index (χ0n) is 15.2. The molecule has 0 amide bonds. The first-order valence-electron chi connectivity index (χ1n) is 9.25. The molecule has 0 fully saturated rings. The Morgan fingerprint density at radius 2 is 1.96 bits per heavy atom. The predicted molar refractivity (Wildman–Crippen MR) is 105 cm³/mol. The number of Topliss-reactive ketones (excluding diaryl/α,β-unsaturated/α-hetero) is 1. The molecule has 3 aromatic heterocycles. The van der Waals surface area contributed by atoms with E-state index in [0.29, 0.717) is 11.5 Å². The van der Waals surface area contributed by atoms with Gasteiger partial charge in [-0.15, -0.1) is 0 Å². The van der Waals surface area contributed by atoms with Gasteiger partial charge in [0.05, 0.1) is 12.6 Å². The van der Waals surface area contributed by atoms with E-state index in [9.17, 15) is 4.79 Å². The van der Waals surface area contributed by atoms with E-state index < -0.39 is 0 Å². The molecule has 0 atom stereocenters. The van der Waals surface area contributed by atoms with Crippen molar-refractivity contribution in [3.05, 3.63) is 77.7 Å². The summed E-state index contributed by atoms with van der Waals surface area (Å²) >= 11 is 0. The lowest BCUT2D eigenvalue weighted by Gasteiger charge is -2.17. The summed E-state index contributed by atoms with van der Waals surface area (Å²) in [6.07, 6.45) is 7.80. The van der Waals surface area contributed by atoms with Gasteiger partial charge >= 0.3 is 0 Å². The number of fused-ring (bicyclic) bond motifs is 2. The van der Waals surface area contributed by atoms with E-state index in [1.54, 1.807) is 18.6 Å². The quantitative estimate of drug-likeness (QED) is 0.555. The number of aromatic nitrogens is 3. The van der Waals surface area contributed by atoms with E-state index >= 15 is 0 Å². The molecule has 0 aliphatic carbocycles. The molecule has 1 aromatic carbocycles. The number of carbonyl (C=O) groups is 1. The Bertz CT molecular complexity index is 1170. The van der Waals surface area contributed by atoms with Gasteiger partial charge in [-0.2, -0.15) is 0 Å². The molecule has 1 N–H and O–H groups in total. The van der Waals surface area contributed by atoms with Crippen LogP contribution in [0.1, 0.15) is 27.2 Å². The molecule has 0 saturated heterocycles. The third-order valence-electron chi connectivity index (χ3n) is 5.10. The van der Waals surface area contributed by atoms with Crippen molar-refractivity contribution < 1.29 is 9.21 Å². The molecule has 5 rings (SSSR count). The fourth-order valence-corrected chi connectivity index (χ4v) is 3.58. The van der Waals surface area contributed by atoms with Crippen LogP contribution in [0.15, 0.2) is 59.7 Å². The van der Waals surface area contributed by atoms with Gasteiger partial charge in [-0.05, 0) is 47.7 Å². The first kappa shape index (κ1) is 16.8. The second-order valence-corrected chi connectivity index (χ2v) is 6.97. The maximum Gasteiger partial charge on any atom is 0.181 e. The smallest absolute Gasteiger partial charge is 0.181 e. The van der Waals surface area contributed by atoms with Crippen LogP contribution in [-0.4, -0.2) is 27.3 Å². The van der Waals surface area contributed by atoms with Gasteiger partial charge in [0.25, 0.3) is 0 Å². The maximum absolute atomic E-state index is 12.8. The Labute approximate surface area is 161 Å². The van der Waals surface area contributed by atoms with E-state index in [4.69, 9.17) is 4.42 Å². The van der Waals surface area contributed by atoms with Gasteiger partial charge in [-0.25, -0.2) is 4.98 Å². The van der Waals surface area contributed by atoms with Crippen molar-refractivity contribution in [1.82, 2.24) is 20.3 Å². The fourth-order valence-electron chi connectivity index (χ4n) is 3.58. The van der Waals surface area contributed by atoms with Crippen molar-refractivity contribution in [2.75, 3.05) is 6.54 Å². The summed E-state index contributed by atoms with van der Waals surface area (Å²) in [5, 5.41) is 5.23. The zero-order chi connectivity index (χ0) is 18.9. The Morgan fingerprint density at radius 1 is 1.04 bits per heavy atom. The van der Waals surface area contributed by atoms with Gasteiger partial charge in [0.1, 0.15) is 5.69 Å². The van der Waals surface area contributed by atoms with Crippen LogP contribution in [-0.2, 0) is 19.4 Å². The van der Waals surface area contributed by atoms with Gasteiger partial charge in [0.2, 0.25) is 0 Å². The summed E-state index contributed by atoms with van der Waals surface area (Å²) < 4.78 is 5.32. The highest BCUT2D eigenvalue weighted by molar-refractivity contribution is 5.98. The Morgan fingerprint density at radius 3 is 2.86 bits per heavy atom. The minimum Gasteiger partial charge on any atom is -0.442 e. The predicted octanol–water partition coefficient (Wildman–Crippen LogP) is 3.36. The number of oxazole rings is 1. The minimum atomic E-state index is 0.0738. The van der Waals surface area contributed by atoms with Crippen molar-refractivity contribution >= 4 is 16.6 Å². The Kier molecular flexibility index (Phi) is 4.18. The number of nitrogens with one attached hydrogen (secondary N) is 1. The lowest BCUT2D eigenvalue weighted by atomic mass is 9.96. The van der Waals surface area contributed by atoms with Crippen LogP contribution in [0.4, 0.5) is 0 Å². The summed E-state index contributed by atoms with van der Waals surface area (Å²) in [4.78, 5) is 25.6. The summed E-state index contributed by atoms with van der Waals surface area (Å²) in [7, 11) is 0. The average Bonchev–Trinajstić information content (AvgIpc) is 3.28. The van der Waals surface area contributed by atoms with Crippen LogP contribution >= 0.6 is 0 Å². The average molecular weight is 370 g/mol. The molecule has 6 nitrogen and oxygen atoms in total. The van der Waals surface area contributed by atoms with E-state index in [1.807, 2.05) is 24.3 Å². The summed E-state index contributed by atoms with van der Waals surface area (Å²) in [5.74, 6) is 0.684. The second kappa shape index (κ2) is 6.98. The normalized spacial score (nSPS) is 13.4. The Hall–Kier alpha value is -3.38. The van der Waals surface area contributed by atoms with E-state index in [2.05, 4.69) is 26.3 Å².